The molecule has 0 spiro atoms. The smallest absolute Gasteiger partial charge is 0.183 e. The number of hydrogen-bond donors (Lipinski definition) is 4. The van der Waals surface area contributed by atoms with Crippen molar-refractivity contribution in [1.29, 1.82) is 0 Å². The molecule has 1 fully saturated rings. The average Bonchev–Trinajstić information content (AvgIpc) is 1.93. The molecule has 0 aromatic rings. The van der Waals surface area contributed by atoms with Gasteiger partial charge in [-0.25, -0.2) is 0 Å². The molecule has 0 aromatic carbocycles. The van der Waals surface area contributed by atoms with Crippen LogP contribution in [0.3, 0.4) is 0 Å². The van der Waals surface area contributed by atoms with Gasteiger partial charge in [0, 0.05) is 32.7 Å². The van der Waals surface area contributed by atoms with E-state index >= 15 is 0 Å². The minimum atomic E-state index is -1.41. The molecule has 1 aliphatic rings. The standard InChI is InChI=1S/C5H10O5.Y/c6-2-1-10-5(9)4(8)3(2)7;/h2-9H,1H2;. The van der Waals surface area contributed by atoms with Crippen molar-refractivity contribution in [2.75, 3.05) is 6.61 Å². The van der Waals surface area contributed by atoms with E-state index in [1.54, 1.807) is 0 Å². The van der Waals surface area contributed by atoms with Crippen LogP contribution in [0.4, 0.5) is 0 Å². The summed E-state index contributed by atoms with van der Waals surface area (Å²) < 4.78 is 4.47. The van der Waals surface area contributed by atoms with Crippen molar-refractivity contribution in [3.63, 3.8) is 0 Å². The van der Waals surface area contributed by atoms with Gasteiger partial charge in [0.05, 0.1) is 6.61 Å². The van der Waals surface area contributed by atoms with Gasteiger partial charge in [0.2, 0.25) is 0 Å². The Labute approximate surface area is 88.9 Å². The summed E-state index contributed by atoms with van der Waals surface area (Å²) in [6, 6.07) is 0. The Morgan fingerprint density at radius 3 is 2.00 bits per heavy atom. The van der Waals surface area contributed by atoms with Crippen LogP contribution in [0, 0.1) is 0 Å². The summed E-state index contributed by atoms with van der Waals surface area (Å²) in [6.07, 6.45) is -5.23. The summed E-state index contributed by atoms with van der Waals surface area (Å²) in [5.41, 5.74) is 0. The Kier molecular flexibility index (Phi) is 5.21. The molecule has 1 saturated heterocycles. The number of ether oxygens (including phenoxy) is 1. The third-order valence-corrected chi connectivity index (χ3v) is 1.47. The number of aliphatic hydroxyl groups excluding tert-OH is 4. The van der Waals surface area contributed by atoms with E-state index in [1.165, 1.54) is 0 Å². The summed E-state index contributed by atoms with van der Waals surface area (Å²) in [6.45, 7) is -0.153. The molecule has 1 radical (unpaired) electrons. The van der Waals surface area contributed by atoms with Gasteiger partial charge in [-0.1, -0.05) is 0 Å². The SMILES string of the molecule is OC1COC(O)C(O)C1O.[Y]. The monoisotopic (exact) mass is 239 g/mol. The van der Waals surface area contributed by atoms with Crippen molar-refractivity contribution in [2.45, 2.75) is 24.6 Å². The molecule has 0 saturated carbocycles. The van der Waals surface area contributed by atoms with Crippen LogP contribution in [-0.4, -0.2) is 51.6 Å². The van der Waals surface area contributed by atoms with Crippen LogP contribution in [0.5, 0.6) is 0 Å². The zero-order valence-electron chi connectivity index (χ0n) is 5.79. The first-order chi connectivity index (χ1) is 4.63. The molecule has 11 heavy (non-hydrogen) atoms. The molecule has 4 N–H and O–H groups in total. The summed E-state index contributed by atoms with van der Waals surface area (Å²) in [4.78, 5) is 0. The first kappa shape index (κ1) is 11.9. The molecule has 4 atom stereocenters. The van der Waals surface area contributed by atoms with Crippen molar-refractivity contribution >= 4 is 0 Å². The fourth-order valence-corrected chi connectivity index (χ4v) is 0.791. The maximum atomic E-state index is 8.88. The van der Waals surface area contributed by atoms with Gasteiger partial charge in [0.25, 0.3) is 0 Å². The van der Waals surface area contributed by atoms with Crippen molar-refractivity contribution in [2.24, 2.45) is 0 Å². The van der Waals surface area contributed by atoms with E-state index < -0.39 is 24.6 Å². The molecule has 1 aliphatic heterocycles. The fourth-order valence-electron chi connectivity index (χ4n) is 0.791. The minimum absolute atomic E-state index is 0. The zero-order valence-corrected chi connectivity index (χ0v) is 8.63. The average molecular weight is 239 g/mol. The summed E-state index contributed by atoms with van der Waals surface area (Å²) >= 11 is 0. The number of aliphatic hydroxyl groups is 4. The number of rotatable bonds is 0. The molecule has 0 amide bonds. The van der Waals surface area contributed by atoms with Crippen LogP contribution in [0.1, 0.15) is 0 Å². The zero-order chi connectivity index (χ0) is 7.72. The molecule has 5 nitrogen and oxygen atoms in total. The second-order valence-electron chi connectivity index (χ2n) is 2.27. The van der Waals surface area contributed by atoms with Crippen LogP contribution < -0.4 is 0 Å². The normalized spacial score (nSPS) is 44.7. The van der Waals surface area contributed by atoms with Gasteiger partial charge >= 0.3 is 0 Å². The predicted molar refractivity (Wildman–Crippen MR) is 30.0 cm³/mol. The van der Waals surface area contributed by atoms with E-state index in [9.17, 15) is 0 Å². The quantitative estimate of drug-likeness (QED) is 0.372. The first-order valence-electron chi connectivity index (χ1n) is 2.97. The predicted octanol–water partition coefficient (Wildman–Crippen LogP) is -2.58. The molecule has 63 valence electrons. The topological polar surface area (TPSA) is 90.2 Å². The van der Waals surface area contributed by atoms with Gasteiger partial charge in [-0.05, 0) is 0 Å². The molecule has 6 heteroatoms. The second-order valence-corrected chi connectivity index (χ2v) is 2.27. The Morgan fingerprint density at radius 2 is 1.55 bits per heavy atom. The maximum Gasteiger partial charge on any atom is 0.183 e. The fraction of sp³-hybridized carbons (Fsp3) is 1.00. The maximum absolute atomic E-state index is 8.88. The molecular weight excluding hydrogens is 229 g/mol. The third-order valence-electron chi connectivity index (χ3n) is 1.47. The van der Waals surface area contributed by atoms with Crippen LogP contribution in [0.25, 0.3) is 0 Å². The van der Waals surface area contributed by atoms with E-state index in [-0.39, 0.29) is 39.3 Å². The molecule has 0 aliphatic carbocycles. The summed E-state index contributed by atoms with van der Waals surface area (Å²) in [7, 11) is 0. The van der Waals surface area contributed by atoms with E-state index in [0.717, 1.165) is 0 Å². The van der Waals surface area contributed by atoms with E-state index in [0.29, 0.717) is 0 Å². The molecule has 0 aromatic heterocycles. The van der Waals surface area contributed by atoms with Crippen LogP contribution in [0.15, 0.2) is 0 Å². The van der Waals surface area contributed by atoms with Gasteiger partial charge in [0.15, 0.2) is 6.29 Å². The molecule has 1 rings (SSSR count). The van der Waals surface area contributed by atoms with Crippen LogP contribution in [-0.2, 0) is 37.4 Å². The Hall–Kier alpha value is 0.904. The van der Waals surface area contributed by atoms with Crippen molar-refractivity contribution in [1.82, 2.24) is 0 Å². The Balaban J connectivity index is 0.000001000. The first-order valence-corrected chi connectivity index (χ1v) is 2.97. The molecular formula is C5H10O5Y. The van der Waals surface area contributed by atoms with Gasteiger partial charge in [-0.3, -0.25) is 0 Å². The van der Waals surface area contributed by atoms with E-state index in [1.807, 2.05) is 0 Å². The molecule has 4 unspecified atom stereocenters. The van der Waals surface area contributed by atoms with Gasteiger partial charge in [0.1, 0.15) is 18.3 Å². The molecule has 0 bridgehead atoms. The van der Waals surface area contributed by atoms with E-state index in [2.05, 4.69) is 4.74 Å². The summed E-state index contributed by atoms with van der Waals surface area (Å²) in [5.74, 6) is 0. The molecule has 1 heterocycles. The van der Waals surface area contributed by atoms with Crippen molar-refractivity contribution < 1.29 is 57.9 Å². The Bertz CT molecular complexity index is 107. The van der Waals surface area contributed by atoms with Crippen LogP contribution in [0.2, 0.25) is 0 Å². The minimum Gasteiger partial charge on any atom is -0.388 e. The summed E-state index contributed by atoms with van der Waals surface area (Å²) in [5, 5.41) is 35.3. The van der Waals surface area contributed by atoms with E-state index in [4.69, 9.17) is 20.4 Å². The third kappa shape index (κ3) is 2.70. The second kappa shape index (κ2) is 4.81. The number of hydrogen-bond acceptors (Lipinski definition) is 5. The van der Waals surface area contributed by atoms with Crippen molar-refractivity contribution in [3.05, 3.63) is 0 Å². The van der Waals surface area contributed by atoms with Gasteiger partial charge in [-0.2, -0.15) is 0 Å². The van der Waals surface area contributed by atoms with Gasteiger partial charge < -0.3 is 25.2 Å². The van der Waals surface area contributed by atoms with Crippen LogP contribution >= 0.6 is 0 Å². The largest absolute Gasteiger partial charge is 0.388 e. The Morgan fingerprint density at radius 1 is 1.00 bits per heavy atom. The van der Waals surface area contributed by atoms with Crippen molar-refractivity contribution in [3.8, 4) is 0 Å². The van der Waals surface area contributed by atoms with Gasteiger partial charge in [-0.15, -0.1) is 0 Å².